The molecule has 0 saturated carbocycles. The minimum absolute atomic E-state index is 0.200. The molecule has 1 unspecified atom stereocenters. The van der Waals surface area contributed by atoms with Crippen LogP contribution in [0.25, 0.3) is 5.69 Å². The number of nitrogens with one attached hydrogen (secondary N) is 3. The van der Waals surface area contributed by atoms with Crippen molar-refractivity contribution in [1.29, 1.82) is 0 Å². The number of hydrogen-bond donors (Lipinski definition) is 3. The molecule has 1 fully saturated rings. The molecule has 3 rings (SSSR count). The standard InChI is InChI=1S/C16H18FN5O2/c17-11-5-6-14(22-9-3-8-19-22)13(10-11)21-16(24)20-12-4-1-2-7-18-15(12)23/h3,5-6,8-10,12H,1-2,4,7H2,(H,18,23)(H2,20,21,24). The van der Waals surface area contributed by atoms with Gasteiger partial charge in [0.1, 0.15) is 11.9 Å². The van der Waals surface area contributed by atoms with Gasteiger partial charge in [-0.25, -0.2) is 13.9 Å². The number of urea groups is 1. The van der Waals surface area contributed by atoms with Crippen molar-refractivity contribution in [1.82, 2.24) is 20.4 Å². The highest BCUT2D eigenvalue weighted by Crippen LogP contribution is 2.21. The highest BCUT2D eigenvalue weighted by molar-refractivity contribution is 5.95. The van der Waals surface area contributed by atoms with Gasteiger partial charge in [-0.2, -0.15) is 5.10 Å². The summed E-state index contributed by atoms with van der Waals surface area (Å²) in [5, 5.41) is 12.1. The van der Waals surface area contributed by atoms with E-state index in [0.29, 0.717) is 18.7 Å². The number of hydrogen-bond acceptors (Lipinski definition) is 3. The Balaban J connectivity index is 1.74. The number of amides is 3. The third-order valence-corrected chi connectivity index (χ3v) is 3.80. The van der Waals surface area contributed by atoms with Crippen molar-refractivity contribution in [2.45, 2.75) is 25.3 Å². The van der Waals surface area contributed by atoms with Gasteiger partial charge < -0.3 is 16.0 Å². The van der Waals surface area contributed by atoms with Crippen LogP contribution in [0.3, 0.4) is 0 Å². The van der Waals surface area contributed by atoms with Crippen molar-refractivity contribution in [2.75, 3.05) is 11.9 Å². The molecule has 2 aromatic rings. The van der Waals surface area contributed by atoms with E-state index in [4.69, 9.17) is 0 Å². The summed E-state index contributed by atoms with van der Waals surface area (Å²) >= 11 is 0. The summed E-state index contributed by atoms with van der Waals surface area (Å²) in [6.45, 7) is 0.617. The highest BCUT2D eigenvalue weighted by atomic mass is 19.1. The first kappa shape index (κ1) is 16.0. The van der Waals surface area contributed by atoms with Gasteiger partial charge in [-0.1, -0.05) is 0 Å². The summed E-state index contributed by atoms with van der Waals surface area (Å²) in [5.74, 6) is -0.678. The molecule has 0 radical (unpaired) electrons. The Bertz CT molecular complexity index is 732. The number of carbonyl (C=O) groups is 2. The predicted octanol–water partition coefficient (Wildman–Crippen LogP) is 1.80. The minimum Gasteiger partial charge on any atom is -0.354 e. The number of anilines is 1. The van der Waals surface area contributed by atoms with Gasteiger partial charge in [0.15, 0.2) is 0 Å². The zero-order valence-electron chi connectivity index (χ0n) is 13.0. The minimum atomic E-state index is -0.589. The molecule has 8 heteroatoms. The van der Waals surface area contributed by atoms with Gasteiger partial charge >= 0.3 is 6.03 Å². The first-order valence-electron chi connectivity index (χ1n) is 7.78. The Kier molecular flexibility index (Phi) is 4.74. The summed E-state index contributed by atoms with van der Waals surface area (Å²) < 4.78 is 15.1. The average Bonchev–Trinajstić information content (AvgIpc) is 3.00. The van der Waals surface area contributed by atoms with Crippen LogP contribution < -0.4 is 16.0 Å². The van der Waals surface area contributed by atoms with Crippen LogP contribution in [-0.2, 0) is 4.79 Å². The molecular weight excluding hydrogens is 313 g/mol. The smallest absolute Gasteiger partial charge is 0.319 e. The van der Waals surface area contributed by atoms with Crippen molar-refractivity contribution < 1.29 is 14.0 Å². The van der Waals surface area contributed by atoms with E-state index in [2.05, 4.69) is 21.0 Å². The Morgan fingerprint density at radius 1 is 1.38 bits per heavy atom. The number of aromatic nitrogens is 2. The molecule has 1 aliphatic heterocycles. The number of halogens is 1. The van der Waals surface area contributed by atoms with E-state index >= 15 is 0 Å². The average molecular weight is 331 g/mol. The van der Waals surface area contributed by atoms with Gasteiger partial charge in [0.25, 0.3) is 0 Å². The van der Waals surface area contributed by atoms with Crippen molar-refractivity contribution in [3.8, 4) is 5.69 Å². The second-order valence-electron chi connectivity index (χ2n) is 5.55. The molecule has 1 aliphatic rings. The molecule has 24 heavy (non-hydrogen) atoms. The summed E-state index contributed by atoms with van der Waals surface area (Å²) in [4.78, 5) is 24.1. The second kappa shape index (κ2) is 7.12. The van der Waals surface area contributed by atoms with Crippen molar-refractivity contribution in [3.05, 3.63) is 42.5 Å². The topological polar surface area (TPSA) is 88.1 Å². The fourth-order valence-electron chi connectivity index (χ4n) is 2.61. The normalized spacial score (nSPS) is 17.7. The lowest BCUT2D eigenvalue weighted by Gasteiger charge is -2.17. The van der Waals surface area contributed by atoms with Crippen LogP contribution in [-0.4, -0.2) is 34.3 Å². The number of rotatable bonds is 3. The van der Waals surface area contributed by atoms with E-state index in [-0.39, 0.29) is 11.6 Å². The Morgan fingerprint density at radius 2 is 2.25 bits per heavy atom. The van der Waals surface area contributed by atoms with Crippen LogP contribution in [0, 0.1) is 5.82 Å². The molecule has 0 aliphatic carbocycles. The maximum absolute atomic E-state index is 13.5. The van der Waals surface area contributed by atoms with E-state index in [9.17, 15) is 14.0 Å². The molecule has 2 heterocycles. The van der Waals surface area contributed by atoms with Crippen molar-refractivity contribution in [2.24, 2.45) is 0 Å². The zero-order valence-corrected chi connectivity index (χ0v) is 13.0. The van der Waals surface area contributed by atoms with Gasteiger partial charge in [0, 0.05) is 18.9 Å². The molecule has 0 spiro atoms. The molecule has 3 N–H and O–H groups in total. The molecule has 1 atom stereocenters. The lowest BCUT2D eigenvalue weighted by molar-refractivity contribution is -0.122. The fraction of sp³-hybridized carbons (Fsp3) is 0.312. The van der Waals surface area contributed by atoms with E-state index in [1.54, 1.807) is 18.5 Å². The van der Waals surface area contributed by atoms with Gasteiger partial charge in [-0.15, -0.1) is 0 Å². The summed E-state index contributed by atoms with van der Waals surface area (Å²) in [5.41, 5.74) is 0.798. The maximum atomic E-state index is 13.5. The molecule has 1 aromatic heterocycles. The fourth-order valence-corrected chi connectivity index (χ4v) is 2.61. The van der Waals surface area contributed by atoms with Crippen LogP contribution in [0.4, 0.5) is 14.9 Å². The quantitative estimate of drug-likeness (QED) is 0.801. The third-order valence-electron chi connectivity index (χ3n) is 3.80. The van der Waals surface area contributed by atoms with Gasteiger partial charge in [0.05, 0.1) is 11.4 Å². The Hall–Kier alpha value is -2.90. The largest absolute Gasteiger partial charge is 0.354 e. The summed E-state index contributed by atoms with van der Waals surface area (Å²) in [6, 6.07) is 4.60. The van der Waals surface area contributed by atoms with Gasteiger partial charge in [-0.3, -0.25) is 4.79 Å². The van der Waals surface area contributed by atoms with Crippen molar-refractivity contribution >= 4 is 17.6 Å². The molecule has 1 saturated heterocycles. The molecule has 126 valence electrons. The number of benzene rings is 1. The lowest BCUT2D eigenvalue weighted by atomic mass is 10.1. The first-order valence-corrected chi connectivity index (χ1v) is 7.78. The van der Waals surface area contributed by atoms with Crippen LogP contribution >= 0.6 is 0 Å². The van der Waals surface area contributed by atoms with Crippen LogP contribution in [0.2, 0.25) is 0 Å². The molecular formula is C16H18FN5O2. The number of nitrogens with zero attached hydrogens (tertiary/aromatic N) is 2. The van der Waals surface area contributed by atoms with E-state index in [1.807, 2.05) is 0 Å². The molecule has 3 amide bonds. The predicted molar refractivity (Wildman–Crippen MR) is 86.3 cm³/mol. The molecule has 7 nitrogen and oxygen atoms in total. The highest BCUT2D eigenvalue weighted by Gasteiger charge is 2.22. The molecule has 1 aromatic carbocycles. The summed E-state index contributed by atoms with van der Waals surface area (Å²) in [7, 11) is 0. The van der Waals surface area contributed by atoms with E-state index < -0.39 is 17.9 Å². The second-order valence-corrected chi connectivity index (χ2v) is 5.55. The van der Waals surface area contributed by atoms with Crippen molar-refractivity contribution in [3.63, 3.8) is 0 Å². The molecule has 0 bridgehead atoms. The van der Waals surface area contributed by atoms with Gasteiger partial charge in [-0.05, 0) is 43.5 Å². The Morgan fingerprint density at radius 3 is 3.04 bits per heavy atom. The summed E-state index contributed by atoms with van der Waals surface area (Å²) in [6.07, 6.45) is 5.59. The van der Waals surface area contributed by atoms with Crippen LogP contribution in [0.15, 0.2) is 36.7 Å². The van der Waals surface area contributed by atoms with Crippen LogP contribution in [0.1, 0.15) is 19.3 Å². The van der Waals surface area contributed by atoms with E-state index in [0.717, 1.165) is 12.8 Å². The lowest BCUT2D eigenvalue weighted by Crippen LogP contribution is -2.47. The Labute approximate surface area is 138 Å². The maximum Gasteiger partial charge on any atom is 0.319 e. The number of carbonyl (C=O) groups excluding carboxylic acids is 2. The SMILES string of the molecule is O=C(Nc1cc(F)ccc1-n1cccn1)NC1CCCCNC1=O. The first-order chi connectivity index (χ1) is 11.6. The monoisotopic (exact) mass is 331 g/mol. The zero-order chi connectivity index (χ0) is 16.9. The van der Waals surface area contributed by atoms with Crippen LogP contribution in [0.5, 0.6) is 0 Å². The van der Waals surface area contributed by atoms with Gasteiger partial charge in [0.2, 0.25) is 5.91 Å². The third kappa shape index (κ3) is 3.70. The van der Waals surface area contributed by atoms with E-state index in [1.165, 1.54) is 22.9 Å².